The van der Waals surface area contributed by atoms with Gasteiger partial charge in [0.2, 0.25) is 0 Å². The van der Waals surface area contributed by atoms with Crippen LogP contribution in [0.25, 0.3) is 0 Å². The van der Waals surface area contributed by atoms with Gasteiger partial charge in [-0.05, 0) is 62.0 Å². The number of thiocarbonyl (C=S) groups is 1. The van der Waals surface area contributed by atoms with Crippen LogP contribution in [0.1, 0.15) is 35.8 Å². The number of carbonyl (C=O) groups excluding carboxylic acids is 1. The van der Waals surface area contributed by atoms with Gasteiger partial charge in [0, 0.05) is 5.69 Å². The highest BCUT2D eigenvalue weighted by molar-refractivity contribution is 7.80. The highest BCUT2D eigenvalue weighted by atomic mass is 35.5. The van der Waals surface area contributed by atoms with Crippen LogP contribution in [0.4, 0.5) is 5.69 Å². The molecule has 2 aromatic rings. The first-order valence-corrected chi connectivity index (χ1v) is 8.91. The van der Waals surface area contributed by atoms with Crippen LogP contribution in [0.2, 0.25) is 5.02 Å². The first-order chi connectivity index (χ1) is 12.4. The van der Waals surface area contributed by atoms with Crippen molar-refractivity contribution in [2.75, 3.05) is 19.0 Å². The lowest BCUT2D eigenvalue weighted by Gasteiger charge is -2.18. The van der Waals surface area contributed by atoms with Gasteiger partial charge in [-0.15, -0.1) is 0 Å². The molecule has 7 heteroatoms. The maximum atomic E-state index is 11.8. The summed E-state index contributed by atoms with van der Waals surface area (Å²) < 4.78 is 10.1. The Morgan fingerprint density at radius 1 is 1.23 bits per heavy atom. The van der Waals surface area contributed by atoms with Gasteiger partial charge >= 0.3 is 5.97 Å². The summed E-state index contributed by atoms with van der Waals surface area (Å²) in [5.41, 5.74) is 2.08. The molecule has 0 radical (unpaired) electrons. The molecular weight excluding hydrogens is 372 g/mol. The van der Waals surface area contributed by atoms with Gasteiger partial charge in [-0.1, -0.05) is 23.7 Å². The van der Waals surface area contributed by atoms with E-state index in [1.807, 2.05) is 31.2 Å². The molecule has 0 bridgehead atoms. The molecule has 0 spiro atoms. The summed E-state index contributed by atoms with van der Waals surface area (Å²) in [7, 11) is 1.63. The van der Waals surface area contributed by atoms with Crippen LogP contribution in [-0.4, -0.2) is 24.8 Å². The Morgan fingerprint density at radius 2 is 1.92 bits per heavy atom. The lowest BCUT2D eigenvalue weighted by Crippen LogP contribution is -2.30. The van der Waals surface area contributed by atoms with Gasteiger partial charge < -0.3 is 20.1 Å². The quantitative estimate of drug-likeness (QED) is 0.554. The Hall–Kier alpha value is -2.31. The number of halogens is 1. The van der Waals surface area contributed by atoms with E-state index in [2.05, 4.69) is 10.6 Å². The fraction of sp³-hybridized carbons (Fsp3) is 0.263. The number of carbonyl (C=O) groups is 1. The van der Waals surface area contributed by atoms with Gasteiger partial charge in [-0.2, -0.15) is 0 Å². The van der Waals surface area contributed by atoms with Crippen molar-refractivity contribution in [1.82, 2.24) is 5.32 Å². The van der Waals surface area contributed by atoms with Crippen molar-refractivity contribution in [2.24, 2.45) is 0 Å². The third-order valence-corrected chi connectivity index (χ3v) is 4.22. The molecule has 0 aromatic heterocycles. The van der Waals surface area contributed by atoms with Crippen LogP contribution in [0.3, 0.4) is 0 Å². The molecule has 0 heterocycles. The largest absolute Gasteiger partial charge is 0.497 e. The van der Waals surface area contributed by atoms with Crippen LogP contribution in [0.15, 0.2) is 42.5 Å². The zero-order valence-corrected chi connectivity index (χ0v) is 16.4. The summed E-state index contributed by atoms with van der Waals surface area (Å²) in [6, 6.07) is 12.7. The summed E-state index contributed by atoms with van der Waals surface area (Å²) in [4.78, 5) is 11.8. The molecule has 2 N–H and O–H groups in total. The molecule has 1 unspecified atom stereocenters. The molecule has 0 aliphatic rings. The number of anilines is 1. The van der Waals surface area contributed by atoms with Crippen LogP contribution in [0.5, 0.6) is 5.75 Å². The number of hydrogen-bond acceptors (Lipinski definition) is 4. The van der Waals surface area contributed by atoms with Gasteiger partial charge in [-0.25, -0.2) is 4.79 Å². The summed E-state index contributed by atoms with van der Waals surface area (Å²) in [5, 5.41) is 7.02. The van der Waals surface area contributed by atoms with Crippen molar-refractivity contribution in [2.45, 2.75) is 19.9 Å². The van der Waals surface area contributed by atoms with Gasteiger partial charge in [0.1, 0.15) is 5.75 Å². The Kier molecular flexibility index (Phi) is 7.24. The van der Waals surface area contributed by atoms with Gasteiger partial charge in [0.15, 0.2) is 5.11 Å². The van der Waals surface area contributed by atoms with E-state index in [1.165, 1.54) is 0 Å². The van der Waals surface area contributed by atoms with E-state index in [9.17, 15) is 4.79 Å². The molecule has 0 saturated heterocycles. The Morgan fingerprint density at radius 3 is 2.50 bits per heavy atom. The molecule has 138 valence electrons. The first-order valence-electron chi connectivity index (χ1n) is 8.12. The maximum absolute atomic E-state index is 11.8. The predicted molar refractivity (Wildman–Crippen MR) is 108 cm³/mol. The fourth-order valence-electron chi connectivity index (χ4n) is 2.31. The van der Waals surface area contributed by atoms with E-state index in [-0.39, 0.29) is 6.04 Å². The standard InChI is InChI=1S/C19H21ClN2O3S/c1-4-25-18(23)16-10-7-14(11-17(16)20)22-19(26)21-12(2)13-5-8-15(24-3)9-6-13/h5-12H,4H2,1-3H3,(H2,21,22,26). The Balaban J connectivity index is 1.98. The molecule has 2 aromatic carbocycles. The van der Waals surface area contributed by atoms with Crippen LogP contribution in [0, 0.1) is 0 Å². The Bertz CT molecular complexity index is 781. The molecular formula is C19H21ClN2O3S. The lowest BCUT2D eigenvalue weighted by molar-refractivity contribution is 0.0526. The minimum atomic E-state index is -0.446. The number of benzene rings is 2. The molecule has 0 amide bonds. The van der Waals surface area contributed by atoms with Crippen molar-refractivity contribution in [3.8, 4) is 5.75 Å². The zero-order valence-electron chi connectivity index (χ0n) is 14.8. The van der Waals surface area contributed by atoms with E-state index in [1.54, 1.807) is 32.2 Å². The number of methoxy groups -OCH3 is 1. The third-order valence-electron chi connectivity index (χ3n) is 3.69. The van der Waals surface area contributed by atoms with Crippen LogP contribution < -0.4 is 15.4 Å². The van der Waals surface area contributed by atoms with Crippen molar-refractivity contribution in [3.63, 3.8) is 0 Å². The number of esters is 1. The third kappa shape index (κ3) is 5.34. The van der Waals surface area contributed by atoms with Crippen molar-refractivity contribution >= 4 is 40.6 Å². The molecule has 5 nitrogen and oxygen atoms in total. The van der Waals surface area contributed by atoms with E-state index in [0.717, 1.165) is 11.3 Å². The second-order valence-electron chi connectivity index (χ2n) is 5.51. The average Bonchev–Trinajstić information content (AvgIpc) is 2.61. The molecule has 2 rings (SSSR count). The normalized spacial score (nSPS) is 11.4. The molecule has 0 fully saturated rings. The molecule has 0 aliphatic heterocycles. The highest BCUT2D eigenvalue weighted by Gasteiger charge is 2.13. The summed E-state index contributed by atoms with van der Waals surface area (Å²) in [6.45, 7) is 4.05. The first kappa shape index (κ1) is 20.0. The zero-order chi connectivity index (χ0) is 19.1. The maximum Gasteiger partial charge on any atom is 0.339 e. The molecule has 0 aliphatic carbocycles. The fourth-order valence-corrected chi connectivity index (χ4v) is 2.86. The summed E-state index contributed by atoms with van der Waals surface area (Å²) in [6.07, 6.45) is 0. The van der Waals surface area contributed by atoms with Crippen LogP contribution >= 0.6 is 23.8 Å². The number of rotatable bonds is 6. The molecule has 1 atom stereocenters. The molecule has 0 saturated carbocycles. The second kappa shape index (κ2) is 9.40. The summed E-state index contributed by atoms with van der Waals surface area (Å²) in [5.74, 6) is 0.357. The SMILES string of the molecule is CCOC(=O)c1ccc(NC(=S)NC(C)c2ccc(OC)cc2)cc1Cl. The minimum absolute atomic E-state index is 0.00943. The van der Waals surface area contributed by atoms with Crippen molar-refractivity contribution in [3.05, 3.63) is 58.6 Å². The smallest absolute Gasteiger partial charge is 0.339 e. The second-order valence-corrected chi connectivity index (χ2v) is 6.32. The topological polar surface area (TPSA) is 59.6 Å². The monoisotopic (exact) mass is 392 g/mol. The summed E-state index contributed by atoms with van der Waals surface area (Å²) >= 11 is 11.5. The Labute approximate surface area is 163 Å². The van der Waals surface area contributed by atoms with E-state index >= 15 is 0 Å². The number of ether oxygens (including phenoxy) is 2. The van der Waals surface area contributed by atoms with Crippen molar-refractivity contribution < 1.29 is 14.3 Å². The molecule has 26 heavy (non-hydrogen) atoms. The van der Waals surface area contributed by atoms with Crippen molar-refractivity contribution in [1.29, 1.82) is 0 Å². The van der Waals surface area contributed by atoms with Crippen LogP contribution in [-0.2, 0) is 4.74 Å². The van der Waals surface area contributed by atoms with E-state index in [0.29, 0.717) is 28.0 Å². The van der Waals surface area contributed by atoms with E-state index in [4.69, 9.17) is 33.3 Å². The highest BCUT2D eigenvalue weighted by Crippen LogP contribution is 2.22. The number of hydrogen-bond donors (Lipinski definition) is 2. The number of nitrogens with one attached hydrogen (secondary N) is 2. The predicted octanol–water partition coefficient (Wildman–Crippen LogP) is 4.57. The van der Waals surface area contributed by atoms with Gasteiger partial charge in [0.05, 0.1) is 30.3 Å². The van der Waals surface area contributed by atoms with Gasteiger partial charge in [0.25, 0.3) is 0 Å². The van der Waals surface area contributed by atoms with E-state index < -0.39 is 5.97 Å². The lowest BCUT2D eigenvalue weighted by atomic mass is 10.1. The van der Waals surface area contributed by atoms with Gasteiger partial charge in [-0.3, -0.25) is 0 Å². The average molecular weight is 393 g/mol. The minimum Gasteiger partial charge on any atom is -0.497 e.